The summed E-state index contributed by atoms with van der Waals surface area (Å²) in [6.45, 7) is 3.63. The largest absolute Gasteiger partial charge is 0.619 e. The highest BCUT2D eigenvalue weighted by atomic mass is 16.5. The zero-order valence-electron chi connectivity index (χ0n) is 13.4. The van der Waals surface area contributed by atoms with E-state index in [0.717, 1.165) is 32.4 Å². The van der Waals surface area contributed by atoms with Crippen molar-refractivity contribution in [2.45, 2.75) is 26.2 Å². The van der Waals surface area contributed by atoms with Crippen molar-refractivity contribution in [2.75, 3.05) is 13.1 Å². The summed E-state index contributed by atoms with van der Waals surface area (Å²) in [4.78, 5) is 14.5. The average Bonchev–Trinajstić information content (AvgIpc) is 2.56. The Morgan fingerprint density at radius 1 is 1.30 bits per heavy atom. The topological polar surface area (TPSA) is 47.2 Å². The van der Waals surface area contributed by atoms with E-state index in [4.69, 9.17) is 0 Å². The van der Waals surface area contributed by atoms with E-state index in [1.807, 2.05) is 4.90 Å². The first-order valence-corrected chi connectivity index (χ1v) is 8.15. The first kappa shape index (κ1) is 15.5. The van der Waals surface area contributed by atoms with Crippen LogP contribution in [-0.4, -0.2) is 23.9 Å². The second-order valence-electron chi connectivity index (χ2n) is 6.40. The smallest absolute Gasteiger partial charge is 0.259 e. The minimum Gasteiger partial charge on any atom is -0.619 e. The van der Waals surface area contributed by atoms with Crippen LogP contribution in [-0.2, 0) is 6.42 Å². The van der Waals surface area contributed by atoms with Gasteiger partial charge in [-0.15, -0.1) is 0 Å². The van der Waals surface area contributed by atoms with E-state index >= 15 is 0 Å². The lowest BCUT2D eigenvalue weighted by Crippen LogP contribution is -2.41. The number of carbonyl (C=O) groups is 1. The van der Waals surface area contributed by atoms with Gasteiger partial charge in [0.25, 0.3) is 5.91 Å². The molecular formula is C19H22N2O2. The van der Waals surface area contributed by atoms with Crippen molar-refractivity contribution in [1.29, 1.82) is 0 Å². The second kappa shape index (κ2) is 6.82. The van der Waals surface area contributed by atoms with Crippen LogP contribution >= 0.6 is 0 Å². The lowest BCUT2D eigenvalue weighted by Gasteiger charge is -2.32. The molecule has 0 N–H and O–H groups in total. The van der Waals surface area contributed by atoms with Gasteiger partial charge in [-0.3, -0.25) is 4.79 Å². The Morgan fingerprint density at radius 2 is 2.09 bits per heavy atom. The van der Waals surface area contributed by atoms with Gasteiger partial charge in [0.15, 0.2) is 12.4 Å². The molecule has 0 saturated carbocycles. The van der Waals surface area contributed by atoms with E-state index < -0.39 is 0 Å². The molecule has 1 unspecified atom stereocenters. The van der Waals surface area contributed by atoms with Gasteiger partial charge in [-0.25, -0.2) is 0 Å². The molecule has 1 atom stereocenters. The SMILES string of the molecule is Cc1ccc(CC2CCCN(C(=O)c3ccc[n+]([O-])c3)C2)cc1. The predicted molar refractivity (Wildman–Crippen MR) is 88.9 cm³/mol. The van der Waals surface area contributed by atoms with Crippen LogP contribution in [0.1, 0.15) is 34.3 Å². The van der Waals surface area contributed by atoms with E-state index in [-0.39, 0.29) is 5.91 Å². The molecule has 1 aromatic heterocycles. The van der Waals surface area contributed by atoms with Gasteiger partial charge in [0, 0.05) is 19.2 Å². The molecule has 1 fully saturated rings. The second-order valence-corrected chi connectivity index (χ2v) is 6.40. The summed E-state index contributed by atoms with van der Waals surface area (Å²) in [5.74, 6) is 0.447. The van der Waals surface area contributed by atoms with Gasteiger partial charge in [0.2, 0.25) is 0 Å². The Bertz CT molecular complexity index is 682. The monoisotopic (exact) mass is 310 g/mol. The fraction of sp³-hybridized carbons (Fsp3) is 0.368. The average molecular weight is 310 g/mol. The van der Waals surface area contributed by atoms with Gasteiger partial charge < -0.3 is 10.1 Å². The molecule has 1 aliphatic heterocycles. The third kappa shape index (κ3) is 3.89. The van der Waals surface area contributed by atoms with Crippen LogP contribution in [0.15, 0.2) is 48.8 Å². The van der Waals surface area contributed by atoms with Crippen molar-refractivity contribution < 1.29 is 9.52 Å². The minimum atomic E-state index is -0.0381. The highest BCUT2D eigenvalue weighted by molar-refractivity contribution is 5.93. The zero-order chi connectivity index (χ0) is 16.2. The molecule has 3 rings (SSSR count). The van der Waals surface area contributed by atoms with Crippen molar-refractivity contribution >= 4 is 5.91 Å². The summed E-state index contributed by atoms with van der Waals surface area (Å²) < 4.78 is 0.682. The number of aromatic nitrogens is 1. The fourth-order valence-electron chi connectivity index (χ4n) is 3.24. The lowest BCUT2D eigenvalue weighted by molar-refractivity contribution is -0.605. The molecule has 1 saturated heterocycles. The summed E-state index contributed by atoms with van der Waals surface area (Å²) >= 11 is 0. The molecule has 4 heteroatoms. The summed E-state index contributed by atoms with van der Waals surface area (Å²) in [6, 6.07) is 12.0. The van der Waals surface area contributed by atoms with Crippen LogP contribution in [0, 0.1) is 18.0 Å². The summed E-state index contributed by atoms with van der Waals surface area (Å²) in [5.41, 5.74) is 3.06. The number of piperidine rings is 1. The molecular weight excluding hydrogens is 288 g/mol. The Hall–Kier alpha value is -2.36. The first-order valence-electron chi connectivity index (χ1n) is 8.15. The van der Waals surface area contributed by atoms with E-state index in [1.165, 1.54) is 23.5 Å². The Labute approximate surface area is 137 Å². The quantitative estimate of drug-likeness (QED) is 0.646. The van der Waals surface area contributed by atoms with Gasteiger partial charge in [0.05, 0.1) is 0 Å². The molecule has 0 bridgehead atoms. The number of amides is 1. The molecule has 0 radical (unpaired) electrons. The molecule has 2 heterocycles. The van der Waals surface area contributed by atoms with Crippen molar-refractivity contribution in [3.8, 4) is 0 Å². The lowest BCUT2D eigenvalue weighted by atomic mass is 9.91. The Morgan fingerprint density at radius 3 is 2.83 bits per heavy atom. The predicted octanol–water partition coefficient (Wildman–Crippen LogP) is 2.72. The number of aryl methyl sites for hydroxylation is 1. The van der Waals surface area contributed by atoms with Crippen molar-refractivity contribution in [3.05, 3.63) is 70.7 Å². The van der Waals surface area contributed by atoms with Crippen LogP contribution in [0.3, 0.4) is 0 Å². The third-order valence-corrected chi connectivity index (χ3v) is 4.47. The summed E-state index contributed by atoms with van der Waals surface area (Å²) in [5, 5.41) is 11.4. The molecule has 0 spiro atoms. The van der Waals surface area contributed by atoms with Crippen molar-refractivity contribution in [1.82, 2.24) is 4.90 Å². The van der Waals surface area contributed by atoms with Crippen LogP contribution in [0.25, 0.3) is 0 Å². The van der Waals surface area contributed by atoms with Crippen LogP contribution in [0.2, 0.25) is 0 Å². The standard InChI is InChI=1S/C19H22N2O2/c1-15-6-8-16(9-7-15)12-17-4-2-10-20(13-17)19(22)18-5-3-11-21(23)14-18/h3,5-9,11,14,17H,2,4,10,12-13H2,1H3. The van der Waals surface area contributed by atoms with Crippen molar-refractivity contribution in [3.63, 3.8) is 0 Å². The number of rotatable bonds is 3. The van der Waals surface area contributed by atoms with E-state index in [1.54, 1.807) is 12.1 Å². The van der Waals surface area contributed by atoms with Gasteiger partial charge in [-0.05, 0) is 43.7 Å². The highest BCUT2D eigenvalue weighted by Crippen LogP contribution is 2.22. The number of hydrogen-bond acceptors (Lipinski definition) is 2. The van der Waals surface area contributed by atoms with E-state index in [0.29, 0.717) is 16.2 Å². The third-order valence-electron chi connectivity index (χ3n) is 4.47. The number of nitrogens with zero attached hydrogens (tertiary/aromatic N) is 2. The zero-order valence-corrected chi connectivity index (χ0v) is 13.4. The van der Waals surface area contributed by atoms with Gasteiger partial charge in [-0.1, -0.05) is 29.8 Å². The highest BCUT2D eigenvalue weighted by Gasteiger charge is 2.25. The van der Waals surface area contributed by atoms with Crippen LogP contribution in [0.5, 0.6) is 0 Å². The number of pyridine rings is 1. The maximum Gasteiger partial charge on any atom is 0.259 e. The normalized spacial score (nSPS) is 18.0. The fourth-order valence-corrected chi connectivity index (χ4v) is 3.24. The molecule has 23 heavy (non-hydrogen) atoms. The molecule has 0 aliphatic carbocycles. The minimum absolute atomic E-state index is 0.0381. The molecule has 1 aromatic carbocycles. The molecule has 120 valence electrons. The maximum absolute atomic E-state index is 12.6. The van der Waals surface area contributed by atoms with Crippen LogP contribution < -0.4 is 4.73 Å². The van der Waals surface area contributed by atoms with Crippen LogP contribution in [0.4, 0.5) is 0 Å². The van der Waals surface area contributed by atoms with Crippen molar-refractivity contribution in [2.24, 2.45) is 5.92 Å². The number of likely N-dealkylation sites (tertiary alicyclic amines) is 1. The molecule has 1 aliphatic rings. The molecule has 2 aromatic rings. The Kier molecular flexibility index (Phi) is 4.60. The van der Waals surface area contributed by atoms with Gasteiger partial charge >= 0.3 is 0 Å². The van der Waals surface area contributed by atoms with E-state index in [2.05, 4.69) is 31.2 Å². The molecule has 1 amide bonds. The summed E-state index contributed by atoms with van der Waals surface area (Å²) in [7, 11) is 0. The number of carbonyl (C=O) groups excluding carboxylic acids is 1. The number of hydrogen-bond donors (Lipinski definition) is 0. The summed E-state index contributed by atoms with van der Waals surface area (Å²) in [6.07, 6.45) is 5.92. The molecule has 4 nitrogen and oxygen atoms in total. The first-order chi connectivity index (χ1) is 11.1. The Balaban J connectivity index is 1.66. The van der Waals surface area contributed by atoms with E-state index in [9.17, 15) is 10.0 Å². The maximum atomic E-state index is 12.6. The van der Waals surface area contributed by atoms with Gasteiger partial charge in [-0.2, -0.15) is 4.73 Å². The van der Waals surface area contributed by atoms with Gasteiger partial charge in [0.1, 0.15) is 5.56 Å². The number of benzene rings is 1.